The molecule has 0 fully saturated rings. The second kappa shape index (κ2) is 35.1. The van der Waals surface area contributed by atoms with Gasteiger partial charge in [0.1, 0.15) is 0 Å². The van der Waals surface area contributed by atoms with Crippen molar-refractivity contribution in [2.75, 3.05) is 13.2 Å². The summed E-state index contributed by atoms with van der Waals surface area (Å²) in [6.07, 6.45) is 45.4. The van der Waals surface area contributed by atoms with Gasteiger partial charge in [0.15, 0.2) is 11.5 Å². The van der Waals surface area contributed by atoms with Crippen molar-refractivity contribution in [3.63, 3.8) is 0 Å². The third-order valence-electron chi connectivity index (χ3n) is 9.81. The Balaban J connectivity index is 1.98. The number of benzene rings is 1. The smallest absolute Gasteiger partial charge is 0.161 e. The zero-order valence-corrected chi connectivity index (χ0v) is 31.5. The molecule has 0 bridgehead atoms. The largest absolute Gasteiger partial charge is 0.490 e. The van der Waals surface area contributed by atoms with Crippen LogP contribution in [-0.4, -0.2) is 13.2 Å². The molecule has 0 unspecified atom stereocenters. The predicted molar refractivity (Wildman–Crippen MR) is 206 cm³/mol. The molecule has 2 nitrogen and oxygen atoms in total. The first-order chi connectivity index (χ1) is 22.8. The number of ether oxygens (including phenoxy) is 2. The summed E-state index contributed by atoms with van der Waals surface area (Å²) in [4.78, 5) is 0. The van der Waals surface area contributed by atoms with Gasteiger partial charge in [0.2, 0.25) is 0 Å². The third-order valence-corrected chi connectivity index (χ3v) is 9.81. The topological polar surface area (TPSA) is 18.5 Å². The second-order valence-corrected chi connectivity index (χ2v) is 14.3. The molecule has 0 spiro atoms. The van der Waals surface area contributed by atoms with Crippen molar-refractivity contribution in [3.8, 4) is 11.5 Å². The predicted octanol–water partition coefficient (Wildman–Crippen LogP) is 15.3. The normalized spacial score (nSPS) is 11.4. The fraction of sp³-hybridized carbons (Fsp3) is 0.841. The fourth-order valence-electron chi connectivity index (χ4n) is 6.60. The van der Waals surface area contributed by atoms with Crippen LogP contribution in [0.5, 0.6) is 11.5 Å². The summed E-state index contributed by atoms with van der Waals surface area (Å²) in [5.74, 6) is 1.83. The molecular weight excluding hydrogens is 560 g/mol. The molecule has 2 heteroatoms. The molecule has 0 amide bonds. The minimum absolute atomic E-state index is 0.786. The van der Waals surface area contributed by atoms with Crippen LogP contribution in [0.1, 0.15) is 225 Å². The molecule has 1 aromatic rings. The van der Waals surface area contributed by atoms with Gasteiger partial charge in [-0.3, -0.25) is 0 Å². The summed E-state index contributed by atoms with van der Waals surface area (Å²) < 4.78 is 12.4. The number of hydrogen-bond acceptors (Lipinski definition) is 2. The van der Waals surface area contributed by atoms with Crippen molar-refractivity contribution in [2.24, 2.45) is 0 Å². The molecule has 46 heavy (non-hydrogen) atoms. The molecule has 0 atom stereocenters. The Hall–Kier alpha value is -1.18. The molecule has 0 aromatic heterocycles. The van der Waals surface area contributed by atoms with Crippen molar-refractivity contribution >= 4 is 0 Å². The van der Waals surface area contributed by atoms with Crippen molar-refractivity contribution < 1.29 is 9.47 Å². The van der Waals surface area contributed by atoms with E-state index in [9.17, 15) is 0 Å². The minimum atomic E-state index is 0.786. The van der Waals surface area contributed by atoms with E-state index in [0.717, 1.165) is 44.0 Å². The highest BCUT2D eigenvalue weighted by Crippen LogP contribution is 2.29. The lowest BCUT2D eigenvalue weighted by molar-refractivity contribution is 0.258. The molecule has 269 valence electrons. The molecule has 0 saturated heterocycles. The summed E-state index contributed by atoms with van der Waals surface area (Å²) in [7, 11) is 0. The first kappa shape index (κ1) is 42.8. The van der Waals surface area contributed by atoms with Crippen LogP contribution in [0.25, 0.3) is 0 Å². The van der Waals surface area contributed by atoms with Gasteiger partial charge in [0.25, 0.3) is 0 Å². The highest BCUT2D eigenvalue weighted by Gasteiger charge is 2.07. The van der Waals surface area contributed by atoms with Gasteiger partial charge < -0.3 is 9.47 Å². The zero-order chi connectivity index (χ0) is 33.0. The van der Waals surface area contributed by atoms with Crippen molar-refractivity contribution in [2.45, 2.75) is 226 Å². The lowest BCUT2D eigenvalue weighted by Gasteiger charge is -2.14. The summed E-state index contributed by atoms with van der Waals surface area (Å²) in [5, 5.41) is 0. The number of rotatable bonds is 37. The van der Waals surface area contributed by atoms with Crippen LogP contribution >= 0.6 is 0 Å². The molecule has 0 aliphatic heterocycles. The van der Waals surface area contributed by atoms with Gasteiger partial charge in [-0.1, -0.05) is 213 Å². The Morgan fingerprint density at radius 3 is 0.957 bits per heavy atom. The lowest BCUT2D eigenvalue weighted by atomic mass is 10.0. The molecule has 1 radical (unpaired) electrons. The maximum absolute atomic E-state index is 6.23. The maximum atomic E-state index is 6.23. The maximum Gasteiger partial charge on any atom is 0.161 e. The van der Waals surface area contributed by atoms with Crippen LogP contribution < -0.4 is 9.47 Å². The fourth-order valence-corrected chi connectivity index (χ4v) is 6.60. The van der Waals surface area contributed by atoms with Gasteiger partial charge in [0, 0.05) is 0 Å². The lowest BCUT2D eigenvalue weighted by Crippen LogP contribution is -2.03. The van der Waals surface area contributed by atoms with Crippen LogP contribution in [0, 0.1) is 6.92 Å². The average molecular weight is 642 g/mol. The monoisotopic (exact) mass is 642 g/mol. The van der Waals surface area contributed by atoms with Crippen LogP contribution in [0.4, 0.5) is 0 Å². The van der Waals surface area contributed by atoms with E-state index in [-0.39, 0.29) is 0 Å². The molecular formula is C44H81O2. The Kier molecular flexibility index (Phi) is 32.7. The molecule has 0 heterocycles. The van der Waals surface area contributed by atoms with Crippen molar-refractivity contribution in [3.05, 3.63) is 30.7 Å². The standard InChI is InChI=1S/C44H81O2/c1-4-7-9-11-13-15-17-19-21-23-25-27-29-31-33-35-39-45-43-38-37-42(6-3)41-44(43)46-40-36-34-32-30-28-26-24-22-20-18-16-14-12-10-8-5-2/h37-38,41H,3-36,39-40H2,1-2H3. The molecule has 0 saturated carbocycles. The summed E-state index contributed by atoms with van der Waals surface area (Å²) in [6, 6.07) is 6.37. The Labute approximate surface area is 290 Å². The van der Waals surface area contributed by atoms with Crippen LogP contribution in [0.2, 0.25) is 0 Å². The van der Waals surface area contributed by atoms with E-state index in [0.29, 0.717) is 0 Å². The highest BCUT2D eigenvalue weighted by atomic mass is 16.5. The summed E-state index contributed by atoms with van der Waals surface area (Å²) in [5.41, 5.74) is 1.22. The zero-order valence-electron chi connectivity index (χ0n) is 31.5. The van der Waals surface area contributed by atoms with Gasteiger partial charge in [-0.25, -0.2) is 0 Å². The van der Waals surface area contributed by atoms with E-state index in [4.69, 9.17) is 9.47 Å². The molecule has 1 rings (SSSR count). The van der Waals surface area contributed by atoms with E-state index in [1.807, 2.05) is 0 Å². The van der Waals surface area contributed by atoms with Gasteiger partial charge >= 0.3 is 0 Å². The van der Waals surface area contributed by atoms with Gasteiger partial charge in [-0.2, -0.15) is 0 Å². The van der Waals surface area contributed by atoms with E-state index in [1.165, 1.54) is 198 Å². The van der Waals surface area contributed by atoms with Crippen molar-refractivity contribution in [1.29, 1.82) is 0 Å². The Morgan fingerprint density at radius 1 is 0.370 bits per heavy atom. The highest BCUT2D eigenvalue weighted by molar-refractivity contribution is 5.43. The Morgan fingerprint density at radius 2 is 0.652 bits per heavy atom. The van der Waals surface area contributed by atoms with Gasteiger partial charge in [-0.05, 0) is 43.9 Å². The minimum Gasteiger partial charge on any atom is -0.490 e. The molecule has 0 aliphatic carbocycles. The van der Waals surface area contributed by atoms with Gasteiger partial charge in [-0.15, -0.1) is 0 Å². The van der Waals surface area contributed by atoms with E-state index in [2.05, 4.69) is 39.0 Å². The summed E-state index contributed by atoms with van der Waals surface area (Å²) in [6.45, 7) is 10.2. The second-order valence-electron chi connectivity index (χ2n) is 14.3. The van der Waals surface area contributed by atoms with Crippen LogP contribution in [-0.2, 0) is 6.42 Å². The summed E-state index contributed by atoms with van der Waals surface area (Å²) >= 11 is 0. The number of hydrogen-bond donors (Lipinski definition) is 0. The number of unbranched alkanes of at least 4 members (excludes halogenated alkanes) is 30. The molecule has 0 N–H and O–H groups in total. The first-order valence-corrected chi connectivity index (χ1v) is 21.0. The van der Waals surface area contributed by atoms with E-state index in [1.54, 1.807) is 0 Å². The molecule has 1 aromatic carbocycles. The molecule has 0 aliphatic rings. The van der Waals surface area contributed by atoms with Gasteiger partial charge in [0.05, 0.1) is 13.2 Å². The van der Waals surface area contributed by atoms with Crippen LogP contribution in [0.3, 0.4) is 0 Å². The SMILES string of the molecule is [CH2]Cc1ccc(OCCCCCCCCCCCCCCCCCC)c(OCCCCCCCCCCCCCCCCCC)c1. The van der Waals surface area contributed by atoms with E-state index < -0.39 is 0 Å². The van der Waals surface area contributed by atoms with E-state index >= 15 is 0 Å². The Bertz CT molecular complexity index is 729. The third kappa shape index (κ3) is 27.9. The quantitative estimate of drug-likeness (QED) is 0.0673. The average Bonchev–Trinajstić information content (AvgIpc) is 3.07. The first-order valence-electron chi connectivity index (χ1n) is 21.0. The van der Waals surface area contributed by atoms with Crippen molar-refractivity contribution in [1.82, 2.24) is 0 Å². The van der Waals surface area contributed by atoms with Crippen LogP contribution in [0.15, 0.2) is 18.2 Å².